The molecule has 0 N–H and O–H groups in total. The van der Waals surface area contributed by atoms with Gasteiger partial charge in [0.1, 0.15) is 11.8 Å². The number of carbonyl (C=O) groups excluding carboxylic acids is 2. The van der Waals surface area contributed by atoms with E-state index in [0.29, 0.717) is 35.9 Å². The number of hydrogen-bond acceptors (Lipinski definition) is 5. The molecule has 2 aromatic rings. The Morgan fingerprint density at radius 2 is 1.93 bits per heavy atom. The number of piperazine rings is 1. The number of methoxy groups -OCH3 is 1. The van der Waals surface area contributed by atoms with E-state index in [1.807, 2.05) is 6.07 Å². The van der Waals surface area contributed by atoms with Crippen LogP contribution in [0.1, 0.15) is 17.3 Å². The maximum absolute atomic E-state index is 12.9. The fourth-order valence-electron chi connectivity index (χ4n) is 3.38. The molecule has 7 nitrogen and oxygen atoms in total. The predicted octanol–water partition coefficient (Wildman–Crippen LogP) is 2.30. The second-order valence-corrected chi connectivity index (χ2v) is 6.43. The first-order valence-corrected chi connectivity index (χ1v) is 8.74. The molecule has 27 heavy (non-hydrogen) atoms. The van der Waals surface area contributed by atoms with Crippen molar-refractivity contribution in [1.82, 2.24) is 4.90 Å². The Kier molecular flexibility index (Phi) is 4.35. The molecule has 1 unspecified atom stereocenters. The van der Waals surface area contributed by atoms with E-state index in [4.69, 9.17) is 14.2 Å². The van der Waals surface area contributed by atoms with Crippen LogP contribution in [0.3, 0.4) is 0 Å². The van der Waals surface area contributed by atoms with Crippen LogP contribution in [0.4, 0.5) is 5.69 Å². The molecule has 1 atom stereocenters. The summed E-state index contributed by atoms with van der Waals surface area (Å²) in [5.41, 5.74) is 1.25. The van der Waals surface area contributed by atoms with E-state index in [1.165, 1.54) is 0 Å². The molecule has 140 valence electrons. The normalized spacial score (nSPS) is 18.6. The van der Waals surface area contributed by atoms with Crippen molar-refractivity contribution < 1.29 is 23.8 Å². The van der Waals surface area contributed by atoms with Gasteiger partial charge < -0.3 is 24.0 Å². The number of rotatable bonds is 3. The Morgan fingerprint density at radius 3 is 2.74 bits per heavy atom. The first-order valence-electron chi connectivity index (χ1n) is 8.74. The van der Waals surface area contributed by atoms with Gasteiger partial charge in [-0.1, -0.05) is 6.07 Å². The van der Waals surface area contributed by atoms with Crippen molar-refractivity contribution in [2.24, 2.45) is 0 Å². The number of fused-ring (bicyclic) bond motifs is 1. The Labute approximate surface area is 157 Å². The standard InChI is InChI=1S/C20H20N2O5/c1-13-19(23)22(15-6-7-17-18(11-15)27-12-26-17)9-8-21(13)20(24)14-4-3-5-16(10-14)25-2/h3-7,10-11,13H,8-9,12H2,1-2H3. The Bertz CT molecular complexity index is 898. The Balaban J connectivity index is 1.53. The summed E-state index contributed by atoms with van der Waals surface area (Å²) >= 11 is 0. The number of benzene rings is 2. The quantitative estimate of drug-likeness (QED) is 0.832. The monoisotopic (exact) mass is 368 g/mol. The van der Waals surface area contributed by atoms with Gasteiger partial charge in [-0.25, -0.2) is 0 Å². The molecule has 2 heterocycles. The molecule has 0 bridgehead atoms. The lowest BCUT2D eigenvalue weighted by molar-refractivity contribution is -0.124. The molecule has 2 aliphatic rings. The van der Waals surface area contributed by atoms with Crippen LogP contribution in [0.5, 0.6) is 17.2 Å². The first kappa shape index (κ1) is 17.2. The van der Waals surface area contributed by atoms with Gasteiger partial charge in [-0.05, 0) is 37.3 Å². The van der Waals surface area contributed by atoms with Gasteiger partial charge in [0.15, 0.2) is 11.5 Å². The summed E-state index contributed by atoms with van der Waals surface area (Å²) in [6, 6.07) is 11.8. The molecule has 0 aromatic heterocycles. The summed E-state index contributed by atoms with van der Waals surface area (Å²) in [7, 11) is 1.56. The fraction of sp³-hybridized carbons (Fsp3) is 0.300. The smallest absolute Gasteiger partial charge is 0.254 e. The fourth-order valence-corrected chi connectivity index (χ4v) is 3.38. The molecule has 4 rings (SSSR count). The zero-order valence-electron chi connectivity index (χ0n) is 15.2. The third-order valence-corrected chi connectivity index (χ3v) is 4.90. The highest BCUT2D eigenvalue weighted by atomic mass is 16.7. The molecule has 0 radical (unpaired) electrons. The number of anilines is 1. The Hall–Kier alpha value is -3.22. The van der Waals surface area contributed by atoms with Crippen molar-refractivity contribution in [3.63, 3.8) is 0 Å². The molecule has 0 spiro atoms. The van der Waals surface area contributed by atoms with Crippen molar-refractivity contribution in [3.05, 3.63) is 48.0 Å². The number of amides is 2. The van der Waals surface area contributed by atoms with Crippen LogP contribution in [0, 0.1) is 0 Å². The predicted molar refractivity (Wildman–Crippen MR) is 98.4 cm³/mol. The highest BCUT2D eigenvalue weighted by Gasteiger charge is 2.35. The molecule has 2 aliphatic heterocycles. The molecular formula is C20H20N2O5. The summed E-state index contributed by atoms with van der Waals surface area (Å²) in [5, 5.41) is 0. The van der Waals surface area contributed by atoms with E-state index in [9.17, 15) is 9.59 Å². The van der Waals surface area contributed by atoms with Crippen molar-refractivity contribution >= 4 is 17.5 Å². The van der Waals surface area contributed by atoms with Crippen LogP contribution in [0.25, 0.3) is 0 Å². The summed E-state index contributed by atoms with van der Waals surface area (Å²) in [6.07, 6.45) is 0. The van der Waals surface area contributed by atoms with Crippen molar-refractivity contribution in [2.75, 3.05) is 31.9 Å². The average molecular weight is 368 g/mol. The van der Waals surface area contributed by atoms with Gasteiger partial charge >= 0.3 is 0 Å². The lowest BCUT2D eigenvalue weighted by atomic mass is 10.1. The lowest BCUT2D eigenvalue weighted by Crippen LogP contribution is -2.57. The average Bonchev–Trinajstić information content (AvgIpc) is 3.17. The van der Waals surface area contributed by atoms with Crippen LogP contribution in [0.2, 0.25) is 0 Å². The van der Waals surface area contributed by atoms with Crippen molar-refractivity contribution in [2.45, 2.75) is 13.0 Å². The lowest BCUT2D eigenvalue weighted by Gasteiger charge is -2.39. The molecule has 1 fully saturated rings. The number of nitrogens with zero attached hydrogens (tertiary/aromatic N) is 2. The van der Waals surface area contributed by atoms with Gasteiger partial charge in [0.25, 0.3) is 5.91 Å². The SMILES string of the molecule is COc1cccc(C(=O)N2CCN(c3ccc4c(c3)OCO4)C(=O)C2C)c1. The van der Waals surface area contributed by atoms with Crippen LogP contribution in [-0.2, 0) is 4.79 Å². The molecule has 7 heteroatoms. The summed E-state index contributed by atoms with van der Waals surface area (Å²) in [4.78, 5) is 29.1. The largest absolute Gasteiger partial charge is 0.497 e. The van der Waals surface area contributed by atoms with Crippen molar-refractivity contribution in [3.8, 4) is 17.2 Å². The molecule has 1 saturated heterocycles. The molecular weight excluding hydrogens is 348 g/mol. The maximum atomic E-state index is 12.9. The van der Waals surface area contributed by atoms with Gasteiger partial charge in [0, 0.05) is 30.4 Å². The number of hydrogen-bond donors (Lipinski definition) is 0. The van der Waals surface area contributed by atoms with E-state index in [0.717, 1.165) is 5.69 Å². The minimum Gasteiger partial charge on any atom is -0.497 e. The zero-order valence-corrected chi connectivity index (χ0v) is 15.2. The van der Waals surface area contributed by atoms with Crippen molar-refractivity contribution in [1.29, 1.82) is 0 Å². The van der Waals surface area contributed by atoms with Gasteiger partial charge in [0.05, 0.1) is 7.11 Å². The minimum absolute atomic E-state index is 0.128. The van der Waals surface area contributed by atoms with Gasteiger partial charge in [-0.3, -0.25) is 9.59 Å². The third kappa shape index (κ3) is 3.05. The second-order valence-electron chi connectivity index (χ2n) is 6.43. The minimum atomic E-state index is -0.567. The molecule has 2 aromatic carbocycles. The van der Waals surface area contributed by atoms with E-state index >= 15 is 0 Å². The van der Waals surface area contributed by atoms with Gasteiger partial charge in [0.2, 0.25) is 12.7 Å². The van der Waals surface area contributed by atoms with Gasteiger partial charge in [-0.15, -0.1) is 0 Å². The maximum Gasteiger partial charge on any atom is 0.254 e. The van der Waals surface area contributed by atoms with Crippen LogP contribution in [0.15, 0.2) is 42.5 Å². The van der Waals surface area contributed by atoms with Crippen LogP contribution < -0.4 is 19.1 Å². The van der Waals surface area contributed by atoms with Gasteiger partial charge in [-0.2, -0.15) is 0 Å². The highest BCUT2D eigenvalue weighted by Crippen LogP contribution is 2.36. The molecule has 0 saturated carbocycles. The van der Waals surface area contributed by atoms with Crippen LogP contribution >= 0.6 is 0 Å². The van der Waals surface area contributed by atoms with E-state index in [-0.39, 0.29) is 18.6 Å². The number of carbonyl (C=O) groups is 2. The zero-order chi connectivity index (χ0) is 19.0. The number of ether oxygens (including phenoxy) is 3. The summed E-state index contributed by atoms with van der Waals surface area (Å²) in [6.45, 7) is 2.79. The van der Waals surface area contributed by atoms with E-state index in [2.05, 4.69) is 0 Å². The molecule has 0 aliphatic carbocycles. The second kappa shape index (κ2) is 6.83. The summed E-state index contributed by atoms with van der Waals surface area (Å²) < 4.78 is 15.9. The van der Waals surface area contributed by atoms with E-state index in [1.54, 1.807) is 60.2 Å². The van der Waals surface area contributed by atoms with E-state index < -0.39 is 6.04 Å². The highest BCUT2D eigenvalue weighted by molar-refractivity contribution is 6.03. The van der Waals surface area contributed by atoms with Crippen LogP contribution in [-0.4, -0.2) is 49.7 Å². The molecule has 2 amide bonds. The third-order valence-electron chi connectivity index (χ3n) is 4.90. The first-order chi connectivity index (χ1) is 13.1. The summed E-state index contributed by atoms with van der Waals surface area (Å²) in [5.74, 6) is 1.60. The topological polar surface area (TPSA) is 68.3 Å². The Morgan fingerprint density at radius 1 is 1.11 bits per heavy atom.